The van der Waals surface area contributed by atoms with Crippen LogP contribution in [0.3, 0.4) is 0 Å². The quantitative estimate of drug-likeness (QED) is 0.558. The van der Waals surface area contributed by atoms with Crippen LogP contribution in [0.1, 0.15) is 25.3 Å². The maximum Gasteiger partial charge on any atom is 0.322 e. The van der Waals surface area contributed by atoms with Gasteiger partial charge >= 0.3 is 6.03 Å². The normalized spacial score (nSPS) is 17.5. The molecule has 2 N–H and O–H groups in total. The maximum absolute atomic E-state index is 13.3. The molecule has 3 heterocycles. The van der Waals surface area contributed by atoms with Crippen molar-refractivity contribution in [2.24, 2.45) is 0 Å². The molecule has 2 aromatic carbocycles. The summed E-state index contributed by atoms with van der Waals surface area (Å²) in [7, 11) is 0. The molecule has 0 saturated carbocycles. The summed E-state index contributed by atoms with van der Waals surface area (Å²) < 4.78 is 24.6. The molecule has 0 aliphatic carbocycles. The van der Waals surface area contributed by atoms with Crippen LogP contribution in [0.5, 0.6) is 11.5 Å². The number of pyridine rings is 1. The van der Waals surface area contributed by atoms with Gasteiger partial charge in [-0.05, 0) is 62.3 Å². The van der Waals surface area contributed by atoms with E-state index in [-0.39, 0.29) is 30.0 Å². The highest BCUT2D eigenvalue weighted by Gasteiger charge is 2.28. The van der Waals surface area contributed by atoms with Crippen LogP contribution in [-0.2, 0) is 6.54 Å². The number of aromatic amines is 1. The lowest BCUT2D eigenvalue weighted by molar-refractivity contribution is 0.172. The number of urea groups is 1. The van der Waals surface area contributed by atoms with Crippen molar-refractivity contribution in [1.82, 2.24) is 14.8 Å². The lowest BCUT2D eigenvalue weighted by Crippen LogP contribution is -2.45. The lowest BCUT2D eigenvalue weighted by Gasteiger charge is -2.30. The van der Waals surface area contributed by atoms with Crippen molar-refractivity contribution in [3.8, 4) is 11.5 Å². The molecule has 35 heavy (non-hydrogen) atoms. The van der Waals surface area contributed by atoms with Crippen molar-refractivity contribution in [3.05, 3.63) is 64.2 Å². The molecule has 1 unspecified atom stereocenters. The van der Waals surface area contributed by atoms with Gasteiger partial charge in [0.25, 0.3) is 5.56 Å². The van der Waals surface area contributed by atoms with E-state index in [0.29, 0.717) is 48.0 Å². The zero-order valence-corrected chi connectivity index (χ0v) is 19.7. The summed E-state index contributed by atoms with van der Waals surface area (Å²) in [6.45, 7) is 5.58. The first kappa shape index (κ1) is 23.2. The van der Waals surface area contributed by atoms with Gasteiger partial charge in [-0.2, -0.15) is 0 Å². The predicted molar refractivity (Wildman–Crippen MR) is 132 cm³/mol. The number of carbonyl (C=O) groups is 1. The molecule has 1 saturated heterocycles. The van der Waals surface area contributed by atoms with E-state index in [1.54, 1.807) is 17.0 Å². The van der Waals surface area contributed by atoms with Crippen LogP contribution in [0.15, 0.2) is 47.3 Å². The molecule has 1 atom stereocenters. The van der Waals surface area contributed by atoms with Gasteiger partial charge in [0.2, 0.25) is 0 Å². The van der Waals surface area contributed by atoms with Crippen LogP contribution < -0.4 is 20.3 Å². The van der Waals surface area contributed by atoms with Crippen molar-refractivity contribution in [2.45, 2.75) is 32.4 Å². The first-order chi connectivity index (χ1) is 17.0. The Hall–Kier alpha value is -3.59. The number of rotatable bonds is 6. The summed E-state index contributed by atoms with van der Waals surface area (Å²) in [5.74, 6) is 0.870. The highest BCUT2D eigenvalue weighted by molar-refractivity contribution is 5.89. The molecular weight excluding hydrogens is 451 g/mol. The molecule has 5 rings (SSSR count). The molecule has 2 amide bonds. The molecule has 2 aliphatic rings. The number of carbonyl (C=O) groups excluding carboxylic acids is 1. The van der Waals surface area contributed by atoms with E-state index in [4.69, 9.17) is 9.47 Å². The van der Waals surface area contributed by atoms with Gasteiger partial charge in [0, 0.05) is 35.3 Å². The summed E-state index contributed by atoms with van der Waals surface area (Å²) in [5, 5.41) is 3.65. The molecular formula is C26H29FN4O4. The molecule has 1 fully saturated rings. The molecule has 0 radical (unpaired) electrons. The average molecular weight is 481 g/mol. The number of nitrogens with zero attached hydrogens (tertiary/aromatic N) is 2. The lowest BCUT2D eigenvalue weighted by atomic mass is 10.1. The number of halogens is 1. The number of benzene rings is 2. The largest absolute Gasteiger partial charge is 0.486 e. The average Bonchev–Trinajstić information content (AvgIpc) is 3.31. The Morgan fingerprint density at radius 3 is 2.66 bits per heavy atom. The number of fused-ring (bicyclic) bond motifs is 2. The van der Waals surface area contributed by atoms with Crippen molar-refractivity contribution in [3.63, 3.8) is 0 Å². The number of hydrogen-bond acceptors (Lipinski definition) is 5. The van der Waals surface area contributed by atoms with Gasteiger partial charge in [0.15, 0.2) is 11.5 Å². The molecule has 9 heteroatoms. The Morgan fingerprint density at radius 2 is 1.91 bits per heavy atom. The Kier molecular flexibility index (Phi) is 6.59. The molecule has 8 nitrogen and oxygen atoms in total. The topological polar surface area (TPSA) is 86.9 Å². The summed E-state index contributed by atoms with van der Waals surface area (Å²) in [6, 6.07) is 11.0. The second kappa shape index (κ2) is 9.95. The van der Waals surface area contributed by atoms with Gasteiger partial charge in [-0.1, -0.05) is 6.92 Å². The van der Waals surface area contributed by atoms with E-state index in [0.717, 1.165) is 31.3 Å². The fraction of sp³-hybridized carbons (Fsp3) is 0.385. The predicted octanol–water partition coefficient (Wildman–Crippen LogP) is 3.96. The van der Waals surface area contributed by atoms with Crippen molar-refractivity contribution in [1.29, 1.82) is 0 Å². The number of amides is 2. The zero-order chi connectivity index (χ0) is 24.4. The van der Waals surface area contributed by atoms with E-state index in [2.05, 4.69) is 22.1 Å². The van der Waals surface area contributed by atoms with Gasteiger partial charge in [-0.3, -0.25) is 9.69 Å². The van der Waals surface area contributed by atoms with Gasteiger partial charge < -0.3 is 24.7 Å². The minimum Gasteiger partial charge on any atom is -0.486 e. The third-order valence-corrected chi connectivity index (χ3v) is 6.66. The van der Waals surface area contributed by atoms with Gasteiger partial charge in [-0.15, -0.1) is 0 Å². The number of anilines is 1. The zero-order valence-electron chi connectivity index (χ0n) is 19.7. The van der Waals surface area contributed by atoms with Gasteiger partial charge in [0.1, 0.15) is 19.0 Å². The summed E-state index contributed by atoms with van der Waals surface area (Å²) in [5.41, 5.74) is 1.37. The number of likely N-dealkylation sites (N-methyl/N-ethyl adjacent to an activating group) is 1. The van der Waals surface area contributed by atoms with Crippen LogP contribution in [0.4, 0.5) is 14.9 Å². The Morgan fingerprint density at radius 1 is 1.17 bits per heavy atom. The van der Waals surface area contributed by atoms with Crippen molar-refractivity contribution in [2.75, 3.05) is 38.2 Å². The van der Waals surface area contributed by atoms with Crippen molar-refractivity contribution >= 4 is 22.6 Å². The third-order valence-electron chi connectivity index (χ3n) is 6.66. The summed E-state index contributed by atoms with van der Waals surface area (Å²) in [6.07, 6.45) is 2.07. The van der Waals surface area contributed by atoms with Crippen LogP contribution in [0, 0.1) is 5.82 Å². The minimum absolute atomic E-state index is 0.140. The standard InChI is InChI=1S/C26H29FN4O4/c1-2-30-9-3-4-21(30)16-31(26(33)28-20-7-5-19(27)6-8-20)15-18-12-17-13-23-24(35-11-10-34-23)14-22(17)29-25(18)32/h5-8,12-14,21H,2-4,9-11,15-16H2,1H3,(H,28,33)(H,29,32). The van der Waals surface area contributed by atoms with Crippen LogP contribution in [0.25, 0.3) is 10.9 Å². The fourth-order valence-corrected chi connectivity index (χ4v) is 4.84. The number of hydrogen-bond donors (Lipinski definition) is 2. The third kappa shape index (κ3) is 5.09. The second-order valence-corrected chi connectivity index (χ2v) is 8.95. The second-order valence-electron chi connectivity index (χ2n) is 8.95. The maximum atomic E-state index is 13.3. The number of nitrogens with one attached hydrogen (secondary N) is 2. The number of likely N-dealkylation sites (tertiary alicyclic amines) is 1. The van der Waals surface area contributed by atoms with Crippen LogP contribution in [0.2, 0.25) is 0 Å². The number of H-pyrrole nitrogens is 1. The molecule has 1 aromatic heterocycles. The van der Waals surface area contributed by atoms with E-state index in [1.165, 1.54) is 24.3 Å². The molecule has 3 aromatic rings. The van der Waals surface area contributed by atoms with E-state index in [1.807, 2.05) is 6.07 Å². The first-order valence-corrected chi connectivity index (χ1v) is 12.0. The molecule has 184 valence electrons. The van der Waals surface area contributed by atoms with Crippen LogP contribution >= 0.6 is 0 Å². The Bertz CT molecular complexity index is 1280. The smallest absolute Gasteiger partial charge is 0.322 e. The highest BCUT2D eigenvalue weighted by atomic mass is 19.1. The summed E-state index contributed by atoms with van der Waals surface area (Å²) >= 11 is 0. The highest BCUT2D eigenvalue weighted by Crippen LogP contribution is 2.33. The van der Waals surface area contributed by atoms with E-state index in [9.17, 15) is 14.0 Å². The Labute approximate surface area is 202 Å². The monoisotopic (exact) mass is 480 g/mol. The molecule has 0 bridgehead atoms. The molecule has 2 aliphatic heterocycles. The number of ether oxygens (including phenoxy) is 2. The van der Waals surface area contributed by atoms with Gasteiger partial charge in [-0.25, -0.2) is 9.18 Å². The fourth-order valence-electron chi connectivity index (χ4n) is 4.84. The van der Waals surface area contributed by atoms with Crippen LogP contribution in [-0.4, -0.2) is 59.7 Å². The van der Waals surface area contributed by atoms with Crippen molar-refractivity contribution < 1.29 is 18.7 Å². The van der Waals surface area contributed by atoms with E-state index >= 15 is 0 Å². The number of aromatic nitrogens is 1. The van der Waals surface area contributed by atoms with E-state index < -0.39 is 0 Å². The first-order valence-electron chi connectivity index (χ1n) is 12.0. The summed E-state index contributed by atoms with van der Waals surface area (Å²) in [4.78, 5) is 33.2. The molecule has 0 spiro atoms. The Balaban J connectivity index is 1.43. The SMILES string of the molecule is CCN1CCCC1CN(Cc1cc2cc3c(cc2[nH]c1=O)OCCO3)C(=O)Nc1ccc(F)cc1. The van der Waals surface area contributed by atoms with Gasteiger partial charge in [0.05, 0.1) is 12.1 Å². The minimum atomic E-state index is -0.372.